The Balaban J connectivity index is 1.46. The summed E-state index contributed by atoms with van der Waals surface area (Å²) < 4.78 is 1.66. The van der Waals surface area contributed by atoms with E-state index in [1.165, 1.54) is 0 Å². The highest BCUT2D eigenvalue weighted by Gasteiger charge is 2.45. The first-order valence-electron chi connectivity index (χ1n) is 9.53. The normalized spacial score (nSPS) is 21.2. The van der Waals surface area contributed by atoms with E-state index in [-0.39, 0.29) is 17.2 Å². The summed E-state index contributed by atoms with van der Waals surface area (Å²) in [7, 11) is 0. The van der Waals surface area contributed by atoms with E-state index in [2.05, 4.69) is 39.7 Å². The Kier molecular flexibility index (Phi) is 4.62. The van der Waals surface area contributed by atoms with E-state index in [9.17, 15) is 9.59 Å². The van der Waals surface area contributed by atoms with Crippen LogP contribution in [-0.2, 0) is 4.79 Å². The van der Waals surface area contributed by atoms with Gasteiger partial charge in [-0.25, -0.2) is 4.98 Å². The van der Waals surface area contributed by atoms with E-state index in [4.69, 9.17) is 0 Å². The number of aromatic nitrogens is 4. The van der Waals surface area contributed by atoms with E-state index in [0.717, 1.165) is 6.54 Å². The maximum Gasteiger partial charge on any atom is 0.272 e. The molecular weight excluding hydrogens is 358 g/mol. The molecule has 0 radical (unpaired) electrons. The minimum atomic E-state index is -0.595. The quantitative estimate of drug-likeness (QED) is 0.777. The molecule has 2 aromatic heterocycles. The molecule has 2 N–H and O–H groups in total. The van der Waals surface area contributed by atoms with Crippen molar-refractivity contribution in [2.45, 2.75) is 32.2 Å². The second-order valence-electron chi connectivity index (χ2n) is 8.32. The lowest BCUT2D eigenvalue weighted by Gasteiger charge is -2.40. The molecule has 0 aliphatic carbocycles. The Hall–Kier alpha value is -2.81. The molecule has 2 fully saturated rings. The summed E-state index contributed by atoms with van der Waals surface area (Å²) in [5.74, 6) is 0.508. The lowest BCUT2D eigenvalue weighted by Crippen LogP contribution is -2.61. The first kappa shape index (κ1) is 18.5. The molecule has 0 saturated carbocycles. The molecule has 9 heteroatoms. The molecule has 28 heavy (non-hydrogen) atoms. The van der Waals surface area contributed by atoms with Gasteiger partial charge in [-0.2, -0.15) is 0 Å². The van der Waals surface area contributed by atoms with Gasteiger partial charge in [0.05, 0.1) is 0 Å². The lowest BCUT2D eigenvalue weighted by atomic mass is 9.86. The Morgan fingerprint density at radius 2 is 1.82 bits per heavy atom. The maximum atomic E-state index is 12.9. The van der Waals surface area contributed by atoms with Gasteiger partial charge >= 0.3 is 0 Å². The largest absolute Gasteiger partial charge is 0.354 e. The molecule has 2 aliphatic rings. The van der Waals surface area contributed by atoms with Crippen LogP contribution in [0.25, 0.3) is 5.82 Å². The molecule has 148 valence electrons. The van der Waals surface area contributed by atoms with Gasteiger partial charge in [0.15, 0.2) is 0 Å². The van der Waals surface area contributed by atoms with Crippen LogP contribution in [0.3, 0.4) is 0 Å². The number of pyridine rings is 1. The molecule has 1 spiro atoms. The summed E-state index contributed by atoms with van der Waals surface area (Å²) in [6, 6.07) is 5.30. The fourth-order valence-corrected chi connectivity index (χ4v) is 3.70. The first-order chi connectivity index (χ1) is 13.4. The highest BCUT2D eigenvalue weighted by molar-refractivity contribution is 5.93. The van der Waals surface area contributed by atoms with Crippen LogP contribution in [0.4, 0.5) is 0 Å². The van der Waals surface area contributed by atoms with E-state index >= 15 is 0 Å². The van der Waals surface area contributed by atoms with Gasteiger partial charge in [0.2, 0.25) is 5.91 Å². The van der Waals surface area contributed by atoms with Crippen LogP contribution < -0.4 is 10.6 Å². The molecule has 2 aromatic rings. The van der Waals surface area contributed by atoms with Crippen molar-refractivity contribution >= 4 is 11.8 Å². The summed E-state index contributed by atoms with van der Waals surface area (Å²) in [5.41, 5.74) is -0.206. The predicted octanol–water partition coefficient (Wildman–Crippen LogP) is 0.383. The Bertz CT molecular complexity index is 870. The van der Waals surface area contributed by atoms with Crippen LogP contribution >= 0.6 is 0 Å². The van der Waals surface area contributed by atoms with Crippen molar-refractivity contribution in [2.75, 3.05) is 26.2 Å². The number of nitrogens with one attached hydrogen (secondary N) is 2. The number of rotatable bonds is 2. The molecule has 0 unspecified atom stereocenters. The van der Waals surface area contributed by atoms with Crippen molar-refractivity contribution < 1.29 is 9.59 Å². The summed E-state index contributed by atoms with van der Waals surface area (Å²) in [6.45, 7) is 6.71. The van der Waals surface area contributed by atoms with Crippen LogP contribution in [0.2, 0.25) is 0 Å². The van der Waals surface area contributed by atoms with Crippen molar-refractivity contribution in [1.29, 1.82) is 0 Å². The maximum absolute atomic E-state index is 12.9. The predicted molar refractivity (Wildman–Crippen MR) is 102 cm³/mol. The van der Waals surface area contributed by atoms with Gasteiger partial charge in [-0.05, 0) is 30.4 Å². The molecule has 0 bridgehead atoms. The fourth-order valence-electron chi connectivity index (χ4n) is 3.70. The van der Waals surface area contributed by atoms with Crippen molar-refractivity contribution in [3.63, 3.8) is 0 Å². The first-order valence-corrected chi connectivity index (χ1v) is 9.53. The standard InChI is InChI=1S/C19H25N7O2/c1-18(2)10-20-17(28)19(21-11-18)6-8-25(9-7-19)16(27)14-4-3-5-15(24-14)26-12-22-23-13-26/h3-5,12-13,21H,6-11H2,1-2H3,(H,20,28). The zero-order valence-electron chi connectivity index (χ0n) is 16.2. The molecule has 4 heterocycles. The number of carbonyl (C=O) groups excluding carboxylic acids is 2. The molecule has 9 nitrogen and oxygen atoms in total. The average molecular weight is 383 g/mol. The summed E-state index contributed by atoms with van der Waals surface area (Å²) in [5, 5.41) is 14.1. The molecule has 0 atom stereocenters. The smallest absolute Gasteiger partial charge is 0.272 e. The van der Waals surface area contributed by atoms with Crippen LogP contribution in [-0.4, -0.2) is 68.2 Å². The number of nitrogens with zero attached hydrogens (tertiary/aromatic N) is 5. The zero-order valence-corrected chi connectivity index (χ0v) is 16.2. The summed E-state index contributed by atoms with van der Waals surface area (Å²) in [6.07, 6.45) is 4.26. The number of likely N-dealkylation sites (tertiary alicyclic amines) is 1. The van der Waals surface area contributed by atoms with Gasteiger partial charge in [0.1, 0.15) is 29.7 Å². The topological polar surface area (TPSA) is 105 Å². The third kappa shape index (κ3) is 3.49. The SMILES string of the molecule is CC1(C)CNC(=O)C2(CCN(C(=O)c3cccc(-n4cnnc4)n3)CC2)NC1. The Morgan fingerprint density at radius 3 is 2.54 bits per heavy atom. The van der Waals surface area contributed by atoms with E-state index in [1.54, 1.807) is 40.3 Å². The molecule has 2 amide bonds. The Morgan fingerprint density at radius 1 is 1.11 bits per heavy atom. The van der Waals surface area contributed by atoms with Crippen molar-refractivity contribution in [3.05, 3.63) is 36.5 Å². The van der Waals surface area contributed by atoms with Crippen LogP contribution in [0.1, 0.15) is 37.2 Å². The minimum Gasteiger partial charge on any atom is -0.354 e. The van der Waals surface area contributed by atoms with Crippen LogP contribution in [0, 0.1) is 5.41 Å². The molecule has 2 saturated heterocycles. The van der Waals surface area contributed by atoms with Gasteiger partial charge in [0, 0.05) is 26.2 Å². The lowest BCUT2D eigenvalue weighted by molar-refractivity contribution is -0.128. The molecule has 2 aliphatic heterocycles. The zero-order chi connectivity index (χ0) is 19.8. The van der Waals surface area contributed by atoms with E-state index in [0.29, 0.717) is 44.0 Å². The van der Waals surface area contributed by atoms with E-state index in [1.807, 2.05) is 0 Å². The van der Waals surface area contributed by atoms with Crippen molar-refractivity contribution in [2.24, 2.45) is 5.41 Å². The Labute approximate surface area is 163 Å². The van der Waals surface area contributed by atoms with Gasteiger partial charge in [-0.1, -0.05) is 19.9 Å². The number of carbonyl (C=O) groups is 2. The highest BCUT2D eigenvalue weighted by Crippen LogP contribution is 2.28. The van der Waals surface area contributed by atoms with Crippen molar-refractivity contribution in [3.8, 4) is 5.82 Å². The minimum absolute atomic E-state index is 0.0126. The second kappa shape index (κ2) is 6.97. The average Bonchev–Trinajstić information content (AvgIpc) is 3.22. The van der Waals surface area contributed by atoms with Crippen LogP contribution in [0.5, 0.6) is 0 Å². The molecule has 4 rings (SSSR count). The molecular formula is C19H25N7O2. The third-order valence-corrected chi connectivity index (χ3v) is 5.61. The van der Waals surface area contributed by atoms with Gasteiger partial charge in [-0.15, -0.1) is 10.2 Å². The van der Waals surface area contributed by atoms with Gasteiger partial charge < -0.3 is 15.5 Å². The van der Waals surface area contributed by atoms with Crippen molar-refractivity contribution in [1.82, 2.24) is 35.3 Å². The van der Waals surface area contributed by atoms with Crippen LogP contribution in [0.15, 0.2) is 30.9 Å². The summed E-state index contributed by atoms with van der Waals surface area (Å²) >= 11 is 0. The summed E-state index contributed by atoms with van der Waals surface area (Å²) in [4.78, 5) is 31.9. The highest BCUT2D eigenvalue weighted by atomic mass is 16.2. The number of hydrogen-bond donors (Lipinski definition) is 2. The van der Waals surface area contributed by atoms with Gasteiger partial charge in [-0.3, -0.25) is 14.2 Å². The number of amides is 2. The number of piperidine rings is 1. The van der Waals surface area contributed by atoms with E-state index < -0.39 is 5.54 Å². The second-order valence-corrected chi connectivity index (χ2v) is 8.32. The third-order valence-electron chi connectivity index (χ3n) is 5.61. The van der Waals surface area contributed by atoms with Gasteiger partial charge in [0.25, 0.3) is 5.91 Å². The monoisotopic (exact) mass is 383 g/mol. The number of hydrogen-bond acceptors (Lipinski definition) is 6. The molecule has 0 aromatic carbocycles. The fraction of sp³-hybridized carbons (Fsp3) is 0.526.